The van der Waals surface area contributed by atoms with Gasteiger partial charge in [0.05, 0.1) is 13.0 Å². The Balaban J connectivity index is 1.65. The van der Waals surface area contributed by atoms with Crippen LogP contribution >= 0.6 is 0 Å². The fourth-order valence-corrected chi connectivity index (χ4v) is 4.07. The molecular weight excluding hydrogens is 432 g/mol. The van der Waals surface area contributed by atoms with Crippen molar-refractivity contribution in [1.29, 1.82) is 0 Å². The van der Waals surface area contributed by atoms with E-state index in [1.54, 1.807) is 12.1 Å². The van der Waals surface area contributed by atoms with Crippen molar-refractivity contribution in [2.45, 2.75) is 90.5 Å². The van der Waals surface area contributed by atoms with Crippen molar-refractivity contribution in [3.63, 3.8) is 0 Å². The lowest BCUT2D eigenvalue weighted by molar-refractivity contribution is -0.152. The van der Waals surface area contributed by atoms with E-state index in [0.717, 1.165) is 24.8 Å². The third-order valence-corrected chi connectivity index (χ3v) is 6.16. The molecule has 1 N–H and O–H groups in total. The van der Waals surface area contributed by atoms with Gasteiger partial charge in [-0.25, -0.2) is 0 Å². The summed E-state index contributed by atoms with van der Waals surface area (Å²) in [5.41, 5.74) is 1.10. The maximum atomic E-state index is 12.7. The van der Waals surface area contributed by atoms with Crippen LogP contribution < -0.4 is 10.1 Å². The van der Waals surface area contributed by atoms with Crippen molar-refractivity contribution in [3.8, 4) is 5.75 Å². The Morgan fingerprint density at radius 1 is 0.971 bits per heavy atom. The van der Waals surface area contributed by atoms with E-state index in [2.05, 4.69) is 12.2 Å². The zero-order chi connectivity index (χ0) is 24.6. The van der Waals surface area contributed by atoms with Crippen LogP contribution in [0.3, 0.4) is 0 Å². The van der Waals surface area contributed by atoms with Gasteiger partial charge in [-0.05, 0) is 25.5 Å². The van der Waals surface area contributed by atoms with Gasteiger partial charge in [-0.15, -0.1) is 0 Å². The number of carbonyl (C=O) groups excluding carboxylic acids is 3. The number of unbranched alkanes of at least 4 members (excludes halogenated alkanes) is 9. The van der Waals surface area contributed by atoms with Gasteiger partial charge < -0.3 is 19.7 Å². The molecule has 7 heteroatoms. The zero-order valence-corrected chi connectivity index (χ0v) is 21.0. The second-order valence-electron chi connectivity index (χ2n) is 9.10. The molecule has 0 saturated carbocycles. The van der Waals surface area contributed by atoms with Crippen molar-refractivity contribution in [1.82, 2.24) is 10.2 Å². The Bertz CT molecular complexity index is 750. The molecule has 1 aromatic rings. The minimum Gasteiger partial charge on any atom is -0.484 e. The number of benzene rings is 1. The average Bonchev–Trinajstić information content (AvgIpc) is 2.83. The number of hydrogen-bond acceptors (Lipinski definition) is 5. The molecule has 2 amide bonds. The lowest BCUT2D eigenvalue weighted by atomic mass is 10.1. The third kappa shape index (κ3) is 10.6. The number of nitrogens with one attached hydrogen (secondary N) is 1. The van der Waals surface area contributed by atoms with Crippen LogP contribution in [0, 0.1) is 6.92 Å². The van der Waals surface area contributed by atoms with Crippen LogP contribution in [0.4, 0.5) is 0 Å². The van der Waals surface area contributed by atoms with E-state index in [9.17, 15) is 14.4 Å². The Kier molecular flexibility index (Phi) is 13.1. The van der Waals surface area contributed by atoms with Crippen LogP contribution in [0.5, 0.6) is 5.75 Å². The summed E-state index contributed by atoms with van der Waals surface area (Å²) in [6.07, 6.45) is 12.0. The summed E-state index contributed by atoms with van der Waals surface area (Å²) in [6.45, 7) is 5.09. The van der Waals surface area contributed by atoms with Gasteiger partial charge in [0.25, 0.3) is 5.91 Å². The minimum absolute atomic E-state index is 0.139. The average molecular weight is 475 g/mol. The normalized spacial score (nSPS) is 15.6. The molecule has 1 saturated heterocycles. The maximum Gasteiger partial charge on any atom is 0.308 e. The van der Waals surface area contributed by atoms with Crippen molar-refractivity contribution in [2.75, 3.05) is 26.3 Å². The molecule has 1 heterocycles. The number of esters is 1. The van der Waals surface area contributed by atoms with Crippen molar-refractivity contribution >= 4 is 17.8 Å². The summed E-state index contributed by atoms with van der Waals surface area (Å²) in [7, 11) is 0. The van der Waals surface area contributed by atoms with E-state index in [4.69, 9.17) is 9.47 Å². The molecule has 1 aliphatic rings. The molecule has 34 heavy (non-hydrogen) atoms. The molecule has 0 bridgehead atoms. The van der Waals surface area contributed by atoms with E-state index in [1.165, 1.54) is 49.8 Å². The fourth-order valence-electron chi connectivity index (χ4n) is 4.07. The first-order valence-corrected chi connectivity index (χ1v) is 12.9. The summed E-state index contributed by atoms with van der Waals surface area (Å²) in [5.74, 6) is -0.503. The SMILES string of the molecule is CCCCCCCCCCCCOC(=O)CC1C(=O)NCCN1C(=O)COc1ccc(C)cc1. The van der Waals surface area contributed by atoms with Crippen molar-refractivity contribution in [2.24, 2.45) is 0 Å². The summed E-state index contributed by atoms with van der Waals surface area (Å²) in [4.78, 5) is 38.8. The molecule has 2 rings (SSSR count). The van der Waals surface area contributed by atoms with Gasteiger partial charge in [-0.1, -0.05) is 82.4 Å². The fraction of sp³-hybridized carbons (Fsp3) is 0.667. The molecule has 0 radical (unpaired) electrons. The summed E-state index contributed by atoms with van der Waals surface area (Å²) >= 11 is 0. The first kappa shape index (κ1) is 27.7. The van der Waals surface area contributed by atoms with Gasteiger partial charge in [0.1, 0.15) is 11.8 Å². The van der Waals surface area contributed by atoms with Gasteiger partial charge in [0.15, 0.2) is 6.61 Å². The zero-order valence-electron chi connectivity index (χ0n) is 21.0. The highest BCUT2D eigenvalue weighted by atomic mass is 16.5. The first-order valence-electron chi connectivity index (χ1n) is 12.9. The van der Waals surface area contributed by atoms with Crippen LogP contribution in [0.25, 0.3) is 0 Å². The highest BCUT2D eigenvalue weighted by Crippen LogP contribution is 2.15. The molecule has 7 nitrogen and oxygen atoms in total. The van der Waals surface area contributed by atoms with Gasteiger partial charge in [0.2, 0.25) is 5.91 Å². The predicted octanol–water partition coefficient (Wildman–Crippen LogP) is 4.56. The lowest BCUT2D eigenvalue weighted by Gasteiger charge is -2.34. The number of amides is 2. The topological polar surface area (TPSA) is 84.9 Å². The van der Waals surface area contributed by atoms with Gasteiger partial charge in [-0.3, -0.25) is 14.4 Å². The molecule has 1 aromatic carbocycles. The van der Waals surface area contributed by atoms with E-state index in [-0.39, 0.29) is 24.8 Å². The number of rotatable bonds is 16. The monoisotopic (exact) mass is 474 g/mol. The number of carbonyl (C=O) groups is 3. The number of hydrogen-bond donors (Lipinski definition) is 1. The predicted molar refractivity (Wildman–Crippen MR) is 133 cm³/mol. The molecule has 0 spiro atoms. The third-order valence-electron chi connectivity index (χ3n) is 6.16. The van der Waals surface area contributed by atoms with E-state index in [1.807, 2.05) is 19.1 Å². The van der Waals surface area contributed by atoms with Crippen LogP contribution in [0.15, 0.2) is 24.3 Å². The van der Waals surface area contributed by atoms with Gasteiger partial charge in [-0.2, -0.15) is 0 Å². The summed E-state index contributed by atoms with van der Waals surface area (Å²) < 4.78 is 10.9. The van der Waals surface area contributed by atoms with Crippen LogP contribution in [0.1, 0.15) is 83.1 Å². The van der Waals surface area contributed by atoms with E-state index < -0.39 is 12.0 Å². The van der Waals surface area contributed by atoms with Crippen LogP contribution in [-0.2, 0) is 19.1 Å². The minimum atomic E-state index is -0.858. The Hall–Kier alpha value is -2.57. The standard InChI is InChI=1S/C27H42N2O5/c1-3-4-5-6-7-8-9-10-11-12-19-33-26(31)20-24-27(32)28-17-18-29(24)25(30)21-34-23-15-13-22(2)14-16-23/h13-16,24H,3-12,17-21H2,1-2H3,(H,28,32). The molecule has 0 aliphatic carbocycles. The number of ether oxygens (including phenoxy) is 2. The molecule has 0 aromatic heterocycles. The van der Waals surface area contributed by atoms with E-state index >= 15 is 0 Å². The number of nitrogens with zero attached hydrogens (tertiary/aromatic N) is 1. The highest BCUT2D eigenvalue weighted by molar-refractivity contribution is 5.92. The van der Waals surface area contributed by atoms with E-state index in [0.29, 0.717) is 25.4 Å². The quantitative estimate of drug-likeness (QED) is 0.281. The Morgan fingerprint density at radius 3 is 2.24 bits per heavy atom. The smallest absolute Gasteiger partial charge is 0.308 e. The maximum absolute atomic E-state index is 12.7. The second-order valence-corrected chi connectivity index (χ2v) is 9.10. The van der Waals surface area contributed by atoms with Gasteiger partial charge in [0, 0.05) is 13.1 Å². The first-order chi connectivity index (χ1) is 16.5. The highest BCUT2D eigenvalue weighted by Gasteiger charge is 2.35. The molecule has 190 valence electrons. The van der Waals surface area contributed by atoms with Crippen LogP contribution in [-0.4, -0.2) is 55.0 Å². The molecule has 1 fully saturated rings. The summed E-state index contributed by atoms with van der Waals surface area (Å²) in [5, 5.41) is 2.73. The largest absolute Gasteiger partial charge is 0.484 e. The lowest BCUT2D eigenvalue weighted by Crippen LogP contribution is -2.58. The Morgan fingerprint density at radius 2 is 1.59 bits per heavy atom. The molecule has 1 atom stereocenters. The molecular formula is C27H42N2O5. The number of aryl methyl sites for hydroxylation is 1. The summed E-state index contributed by atoms with van der Waals surface area (Å²) in [6, 6.07) is 6.55. The number of piperazine rings is 1. The Labute approximate surface area is 204 Å². The van der Waals surface area contributed by atoms with Crippen molar-refractivity contribution in [3.05, 3.63) is 29.8 Å². The second kappa shape index (κ2) is 16.1. The molecule has 1 unspecified atom stereocenters. The van der Waals surface area contributed by atoms with Crippen LogP contribution in [0.2, 0.25) is 0 Å². The molecule has 1 aliphatic heterocycles. The van der Waals surface area contributed by atoms with Crippen molar-refractivity contribution < 1.29 is 23.9 Å². The van der Waals surface area contributed by atoms with Gasteiger partial charge >= 0.3 is 5.97 Å².